The van der Waals surface area contributed by atoms with Crippen molar-refractivity contribution in [2.24, 2.45) is 0 Å². The van der Waals surface area contributed by atoms with Crippen LogP contribution >= 0.6 is 0 Å². The molecule has 0 amide bonds. The minimum atomic E-state index is 0.684. The Bertz CT molecular complexity index is 204. The van der Waals surface area contributed by atoms with Crippen LogP contribution in [0.25, 0.3) is 0 Å². The Hall–Kier alpha value is -0.0800. The van der Waals surface area contributed by atoms with Crippen molar-refractivity contribution in [3.63, 3.8) is 0 Å². The van der Waals surface area contributed by atoms with Gasteiger partial charge in [-0.15, -0.1) is 0 Å². The van der Waals surface area contributed by atoms with Crippen molar-refractivity contribution < 1.29 is 0 Å². The molecule has 2 aliphatic heterocycles. The van der Waals surface area contributed by atoms with Crippen LogP contribution in [0.4, 0.5) is 0 Å². The van der Waals surface area contributed by atoms with Gasteiger partial charge in [0.2, 0.25) is 0 Å². The summed E-state index contributed by atoms with van der Waals surface area (Å²) in [5.74, 6) is 0. The molecule has 1 unspecified atom stereocenters. The van der Waals surface area contributed by atoms with E-state index in [0.29, 0.717) is 5.54 Å². The van der Waals surface area contributed by atoms with Crippen LogP contribution in [-0.2, 0) is 0 Å². The lowest BCUT2D eigenvalue weighted by molar-refractivity contribution is 0.0118. The molecular weight excluding hydrogens is 172 g/mol. The van der Waals surface area contributed by atoms with Crippen molar-refractivity contribution in [3.8, 4) is 0 Å². The molecule has 14 heavy (non-hydrogen) atoms. The second-order valence-electron chi connectivity index (χ2n) is 5.38. The van der Waals surface area contributed by atoms with Gasteiger partial charge in [-0.25, -0.2) is 0 Å². The molecule has 0 aromatic carbocycles. The molecule has 2 heteroatoms. The van der Waals surface area contributed by atoms with Crippen molar-refractivity contribution >= 4 is 0 Å². The number of piperidine rings is 1. The molecule has 2 nitrogen and oxygen atoms in total. The Morgan fingerprint density at radius 3 is 2.57 bits per heavy atom. The fraction of sp³-hybridized carbons (Fsp3) is 1.00. The number of nitrogens with one attached hydrogen (secondary N) is 1. The Labute approximate surface area is 87.0 Å². The molecule has 0 radical (unpaired) electrons. The van der Waals surface area contributed by atoms with Crippen LogP contribution in [-0.4, -0.2) is 36.1 Å². The van der Waals surface area contributed by atoms with Crippen LogP contribution in [0, 0.1) is 0 Å². The first-order valence-corrected chi connectivity index (χ1v) is 6.38. The largest absolute Gasteiger partial charge is 0.315 e. The summed E-state index contributed by atoms with van der Waals surface area (Å²) in [5, 5.41) is 3.56. The first kappa shape index (κ1) is 9.17. The smallest absolute Gasteiger partial charge is 0.0226 e. The second-order valence-corrected chi connectivity index (χ2v) is 5.38. The van der Waals surface area contributed by atoms with E-state index in [4.69, 9.17) is 0 Å². The highest BCUT2D eigenvalue weighted by Gasteiger charge is 2.47. The summed E-state index contributed by atoms with van der Waals surface area (Å²) < 4.78 is 0. The Morgan fingerprint density at radius 2 is 1.93 bits per heavy atom. The average Bonchev–Trinajstić information content (AvgIpc) is 2.62. The third-order valence-electron chi connectivity index (χ3n) is 4.65. The summed E-state index contributed by atoms with van der Waals surface area (Å²) in [6.07, 6.45) is 10.2. The zero-order valence-corrected chi connectivity index (χ0v) is 9.10. The molecule has 3 fully saturated rings. The number of hydrogen-bond acceptors (Lipinski definition) is 2. The summed E-state index contributed by atoms with van der Waals surface area (Å²) in [5.41, 5.74) is 0.684. The molecule has 3 aliphatic rings. The number of nitrogens with zero attached hydrogens (tertiary/aromatic N) is 1. The van der Waals surface area contributed by atoms with Crippen molar-refractivity contribution in [1.29, 1.82) is 0 Å². The van der Waals surface area contributed by atoms with Gasteiger partial charge in [0.15, 0.2) is 0 Å². The molecule has 1 N–H and O–H groups in total. The molecule has 1 aliphatic carbocycles. The minimum Gasteiger partial charge on any atom is -0.315 e. The van der Waals surface area contributed by atoms with Gasteiger partial charge in [-0.1, -0.05) is 0 Å². The van der Waals surface area contributed by atoms with E-state index in [1.807, 2.05) is 0 Å². The maximum Gasteiger partial charge on any atom is 0.0226 e. The van der Waals surface area contributed by atoms with E-state index >= 15 is 0 Å². The molecule has 2 saturated heterocycles. The van der Waals surface area contributed by atoms with Crippen LogP contribution in [0.3, 0.4) is 0 Å². The molecule has 2 heterocycles. The first-order valence-electron chi connectivity index (χ1n) is 6.38. The summed E-state index contributed by atoms with van der Waals surface area (Å²) in [6, 6.07) is 0.867. The van der Waals surface area contributed by atoms with Crippen molar-refractivity contribution in [2.75, 3.05) is 19.6 Å². The number of rotatable bonds is 1. The van der Waals surface area contributed by atoms with Gasteiger partial charge < -0.3 is 5.32 Å². The average molecular weight is 194 g/mol. The monoisotopic (exact) mass is 194 g/mol. The van der Waals surface area contributed by atoms with E-state index in [9.17, 15) is 0 Å². The van der Waals surface area contributed by atoms with Gasteiger partial charge in [0, 0.05) is 18.1 Å². The van der Waals surface area contributed by atoms with Crippen molar-refractivity contribution in [2.45, 2.75) is 56.5 Å². The van der Waals surface area contributed by atoms with Gasteiger partial charge in [0.1, 0.15) is 0 Å². The van der Waals surface area contributed by atoms with E-state index in [1.54, 1.807) is 0 Å². The van der Waals surface area contributed by atoms with E-state index in [1.165, 1.54) is 64.6 Å². The predicted octanol–water partition coefficient (Wildman–Crippen LogP) is 1.76. The summed E-state index contributed by atoms with van der Waals surface area (Å²) >= 11 is 0. The molecule has 80 valence electrons. The standard InChI is InChI=1S/C12H22N2/c1-4-11(10-13-8-1)14-9-3-7-12(14)5-2-6-12/h11,13H,1-10H2. The summed E-state index contributed by atoms with van der Waals surface area (Å²) in [4.78, 5) is 2.86. The maximum absolute atomic E-state index is 3.56. The molecule has 1 spiro atoms. The second kappa shape index (κ2) is 3.49. The molecule has 0 bridgehead atoms. The van der Waals surface area contributed by atoms with Gasteiger partial charge in [0.25, 0.3) is 0 Å². The van der Waals surface area contributed by atoms with Gasteiger partial charge in [-0.3, -0.25) is 4.90 Å². The zero-order chi connectivity index (χ0) is 9.43. The van der Waals surface area contributed by atoms with Crippen LogP contribution in [0.15, 0.2) is 0 Å². The fourth-order valence-electron chi connectivity index (χ4n) is 3.75. The highest BCUT2D eigenvalue weighted by Crippen LogP contribution is 2.46. The van der Waals surface area contributed by atoms with E-state index in [2.05, 4.69) is 10.2 Å². The van der Waals surface area contributed by atoms with E-state index in [-0.39, 0.29) is 0 Å². The van der Waals surface area contributed by atoms with Crippen LogP contribution in [0.1, 0.15) is 44.9 Å². The lowest BCUT2D eigenvalue weighted by Gasteiger charge is -2.50. The highest BCUT2D eigenvalue weighted by molar-refractivity contribution is 5.04. The maximum atomic E-state index is 3.56. The van der Waals surface area contributed by atoms with E-state index < -0.39 is 0 Å². The third kappa shape index (κ3) is 1.31. The normalized spacial score (nSPS) is 37.3. The van der Waals surface area contributed by atoms with E-state index in [0.717, 1.165) is 6.04 Å². The molecule has 1 atom stereocenters. The zero-order valence-electron chi connectivity index (χ0n) is 9.10. The lowest BCUT2D eigenvalue weighted by atomic mass is 9.74. The topological polar surface area (TPSA) is 15.3 Å². The summed E-state index contributed by atoms with van der Waals surface area (Å²) in [7, 11) is 0. The lowest BCUT2D eigenvalue weighted by Crippen LogP contribution is -2.57. The van der Waals surface area contributed by atoms with Gasteiger partial charge in [-0.05, 0) is 58.0 Å². The molecule has 1 saturated carbocycles. The third-order valence-corrected chi connectivity index (χ3v) is 4.65. The van der Waals surface area contributed by atoms with Gasteiger partial charge in [0.05, 0.1) is 0 Å². The first-order chi connectivity index (χ1) is 6.91. The summed E-state index contributed by atoms with van der Waals surface area (Å²) in [6.45, 7) is 3.88. The Kier molecular flexibility index (Phi) is 2.29. The Balaban J connectivity index is 1.70. The minimum absolute atomic E-state index is 0.684. The molecule has 3 rings (SSSR count). The molecule has 0 aromatic rings. The quantitative estimate of drug-likeness (QED) is 0.684. The van der Waals surface area contributed by atoms with Crippen LogP contribution in [0.5, 0.6) is 0 Å². The van der Waals surface area contributed by atoms with Crippen LogP contribution < -0.4 is 5.32 Å². The number of likely N-dealkylation sites (tertiary alicyclic amines) is 1. The fourth-order valence-corrected chi connectivity index (χ4v) is 3.75. The van der Waals surface area contributed by atoms with Gasteiger partial charge >= 0.3 is 0 Å². The molecular formula is C12H22N2. The van der Waals surface area contributed by atoms with Crippen molar-refractivity contribution in [1.82, 2.24) is 10.2 Å². The van der Waals surface area contributed by atoms with Gasteiger partial charge in [-0.2, -0.15) is 0 Å². The van der Waals surface area contributed by atoms with Crippen molar-refractivity contribution in [3.05, 3.63) is 0 Å². The Morgan fingerprint density at radius 1 is 1.07 bits per heavy atom. The molecule has 0 aromatic heterocycles. The number of hydrogen-bond donors (Lipinski definition) is 1. The van der Waals surface area contributed by atoms with Crippen LogP contribution in [0.2, 0.25) is 0 Å². The SMILES string of the molecule is C1CNCC(N2CCCC23CCC3)C1. The highest BCUT2D eigenvalue weighted by atomic mass is 15.3. The predicted molar refractivity (Wildman–Crippen MR) is 58.4 cm³/mol.